The highest BCUT2D eigenvalue weighted by Crippen LogP contribution is 2.76. The van der Waals surface area contributed by atoms with Gasteiger partial charge in [0.2, 0.25) is 0 Å². The minimum Gasteiger partial charge on any atom is -0.481 e. The van der Waals surface area contributed by atoms with Crippen molar-refractivity contribution in [2.24, 2.45) is 50.2 Å². The Morgan fingerprint density at radius 1 is 0.781 bits per heavy atom. The molecule has 5 aliphatic rings. The highest BCUT2D eigenvalue weighted by atomic mass is 16.4. The zero-order valence-corrected chi connectivity index (χ0v) is 21.9. The first kappa shape index (κ1) is 23.0. The van der Waals surface area contributed by atoms with Crippen LogP contribution in [0.2, 0.25) is 0 Å². The Labute approximate surface area is 197 Å². The lowest BCUT2D eigenvalue weighted by Crippen LogP contribution is -2.65. The normalized spacial score (nSPS) is 51.3. The Morgan fingerprint density at radius 3 is 2.16 bits per heavy atom. The molecule has 0 aliphatic heterocycles. The molecule has 0 saturated heterocycles. The van der Waals surface area contributed by atoms with E-state index in [0.717, 1.165) is 37.5 Å². The quantitative estimate of drug-likeness (QED) is 0.417. The third-order valence-electron chi connectivity index (χ3n) is 12.8. The maximum Gasteiger partial charge on any atom is 0.313 e. The van der Waals surface area contributed by atoms with Gasteiger partial charge in [0.1, 0.15) is 0 Å². The summed E-state index contributed by atoms with van der Waals surface area (Å²) in [6.07, 6.45) is 15.6. The minimum absolute atomic E-state index is 0.126. The topological polar surface area (TPSA) is 37.3 Å². The molecule has 5 aliphatic carbocycles. The molecule has 0 spiro atoms. The summed E-state index contributed by atoms with van der Waals surface area (Å²) in [6, 6.07) is 0. The Kier molecular flexibility index (Phi) is 4.78. The average molecular weight is 441 g/mol. The van der Waals surface area contributed by atoms with Crippen LogP contribution in [0.25, 0.3) is 0 Å². The molecule has 1 unspecified atom stereocenters. The molecular formula is C30H48O2. The van der Waals surface area contributed by atoms with E-state index < -0.39 is 11.4 Å². The van der Waals surface area contributed by atoms with Crippen LogP contribution in [-0.4, -0.2) is 11.1 Å². The van der Waals surface area contributed by atoms with Gasteiger partial charge in [-0.05, 0) is 109 Å². The number of fused-ring (bicyclic) bond motifs is 7. The molecule has 2 nitrogen and oxygen atoms in total. The van der Waals surface area contributed by atoms with Gasteiger partial charge >= 0.3 is 5.97 Å². The van der Waals surface area contributed by atoms with Crippen molar-refractivity contribution >= 4 is 5.97 Å². The number of carboxylic acids is 1. The van der Waals surface area contributed by atoms with Gasteiger partial charge in [-0.3, -0.25) is 4.79 Å². The molecule has 7 atom stereocenters. The zero-order valence-electron chi connectivity index (χ0n) is 21.9. The van der Waals surface area contributed by atoms with Gasteiger partial charge in [-0.1, -0.05) is 66.5 Å². The van der Waals surface area contributed by atoms with Crippen molar-refractivity contribution in [3.8, 4) is 0 Å². The third kappa shape index (κ3) is 2.73. The second-order valence-corrected chi connectivity index (χ2v) is 14.9. The number of hydrogen-bond donors (Lipinski definition) is 1. The molecular weight excluding hydrogens is 392 g/mol. The maximum absolute atomic E-state index is 12.7. The highest BCUT2D eigenvalue weighted by molar-refractivity contribution is 5.80. The number of carboxylic acid groups (broad SMARTS) is 1. The average Bonchev–Trinajstić information content (AvgIpc) is 2.67. The van der Waals surface area contributed by atoms with Gasteiger partial charge < -0.3 is 5.11 Å². The number of hydrogen-bond acceptors (Lipinski definition) is 1. The molecule has 4 saturated carbocycles. The van der Waals surface area contributed by atoms with E-state index in [1.165, 1.54) is 50.5 Å². The standard InChI is InChI=1S/C30H48O2/c1-25(2)15-17-30(24(31)32)18-16-28(6)20(21(30)19-25)9-10-23-27(5)13-8-12-26(3,4)22(27)11-14-29(23,28)7/h19-20,22-23H,8-18H2,1-7H3,(H,31,32)/t20-,22?,23-,27+,28-,29-,30+/m1/s1. The van der Waals surface area contributed by atoms with Gasteiger partial charge in [0.05, 0.1) is 5.41 Å². The molecule has 0 heterocycles. The lowest BCUT2D eigenvalue weighted by Gasteiger charge is -2.72. The molecule has 0 bridgehead atoms. The second-order valence-electron chi connectivity index (χ2n) is 14.9. The van der Waals surface area contributed by atoms with Crippen LogP contribution in [0.4, 0.5) is 0 Å². The molecule has 0 radical (unpaired) electrons. The van der Waals surface area contributed by atoms with E-state index in [9.17, 15) is 9.90 Å². The van der Waals surface area contributed by atoms with Crippen LogP contribution in [0, 0.1) is 50.2 Å². The first-order valence-electron chi connectivity index (χ1n) is 13.7. The largest absolute Gasteiger partial charge is 0.481 e. The molecule has 1 N–H and O–H groups in total. The Bertz CT molecular complexity index is 851. The van der Waals surface area contributed by atoms with E-state index >= 15 is 0 Å². The van der Waals surface area contributed by atoms with Crippen molar-refractivity contribution in [1.29, 1.82) is 0 Å². The van der Waals surface area contributed by atoms with Crippen molar-refractivity contribution in [2.75, 3.05) is 0 Å². The van der Waals surface area contributed by atoms with Crippen LogP contribution in [0.5, 0.6) is 0 Å². The number of carbonyl (C=O) groups is 1. The summed E-state index contributed by atoms with van der Waals surface area (Å²) in [6.45, 7) is 17.6. The van der Waals surface area contributed by atoms with E-state index in [1.54, 1.807) is 0 Å². The van der Waals surface area contributed by atoms with Crippen LogP contribution in [-0.2, 0) is 4.79 Å². The van der Waals surface area contributed by atoms with Crippen LogP contribution < -0.4 is 0 Å². The van der Waals surface area contributed by atoms with E-state index in [-0.39, 0.29) is 10.8 Å². The van der Waals surface area contributed by atoms with Crippen LogP contribution >= 0.6 is 0 Å². The summed E-state index contributed by atoms with van der Waals surface area (Å²) < 4.78 is 0. The number of allylic oxidation sites excluding steroid dienone is 1. The summed E-state index contributed by atoms with van der Waals surface area (Å²) in [5.41, 5.74) is 2.34. The molecule has 5 rings (SSSR count). The van der Waals surface area contributed by atoms with Gasteiger partial charge in [-0.2, -0.15) is 0 Å². The molecule has 0 aromatic rings. The Hall–Kier alpha value is -0.790. The maximum atomic E-state index is 12.7. The van der Waals surface area contributed by atoms with Gasteiger partial charge in [-0.15, -0.1) is 0 Å². The first-order valence-corrected chi connectivity index (χ1v) is 13.7. The number of aliphatic carboxylic acids is 1. The van der Waals surface area contributed by atoms with E-state index in [0.29, 0.717) is 22.2 Å². The predicted molar refractivity (Wildman–Crippen MR) is 131 cm³/mol. The minimum atomic E-state index is -0.586. The van der Waals surface area contributed by atoms with Gasteiger partial charge in [-0.25, -0.2) is 0 Å². The lowest BCUT2D eigenvalue weighted by atomic mass is 9.32. The lowest BCUT2D eigenvalue weighted by molar-refractivity contribution is -0.214. The van der Waals surface area contributed by atoms with Crippen molar-refractivity contribution in [1.82, 2.24) is 0 Å². The van der Waals surface area contributed by atoms with Gasteiger partial charge in [0.15, 0.2) is 0 Å². The SMILES string of the molecule is CC1(C)C=C2[C@H]3CC[C@@H]4[C@@]5(C)CCCC(C)(C)C5CC[C@@]4(C)[C@]3(C)CC[C@@]2(C(=O)O)CC1. The van der Waals surface area contributed by atoms with E-state index in [1.807, 2.05) is 0 Å². The summed E-state index contributed by atoms with van der Waals surface area (Å²) in [4.78, 5) is 12.7. The van der Waals surface area contributed by atoms with Crippen LogP contribution in [0.15, 0.2) is 11.6 Å². The molecule has 0 aromatic heterocycles. The van der Waals surface area contributed by atoms with Crippen molar-refractivity contribution in [2.45, 2.75) is 119 Å². The summed E-state index contributed by atoms with van der Waals surface area (Å²) in [5.74, 6) is 1.53. The summed E-state index contributed by atoms with van der Waals surface area (Å²) >= 11 is 0. The smallest absolute Gasteiger partial charge is 0.313 e. The third-order valence-corrected chi connectivity index (χ3v) is 12.8. The molecule has 180 valence electrons. The Balaban J connectivity index is 1.59. The van der Waals surface area contributed by atoms with Gasteiger partial charge in [0, 0.05) is 0 Å². The van der Waals surface area contributed by atoms with E-state index in [2.05, 4.69) is 54.5 Å². The predicted octanol–water partition coefficient (Wildman–Crippen LogP) is 8.26. The Morgan fingerprint density at radius 2 is 1.47 bits per heavy atom. The number of rotatable bonds is 1. The summed E-state index contributed by atoms with van der Waals surface area (Å²) in [7, 11) is 0. The van der Waals surface area contributed by atoms with Crippen molar-refractivity contribution in [3.63, 3.8) is 0 Å². The fourth-order valence-electron chi connectivity index (χ4n) is 10.8. The van der Waals surface area contributed by atoms with Crippen molar-refractivity contribution < 1.29 is 9.90 Å². The van der Waals surface area contributed by atoms with Gasteiger partial charge in [0.25, 0.3) is 0 Å². The van der Waals surface area contributed by atoms with E-state index in [4.69, 9.17) is 0 Å². The van der Waals surface area contributed by atoms with Crippen LogP contribution in [0.1, 0.15) is 119 Å². The zero-order chi connectivity index (χ0) is 23.4. The molecule has 0 aromatic carbocycles. The second kappa shape index (κ2) is 6.66. The molecule has 4 fully saturated rings. The summed E-state index contributed by atoms with van der Waals surface area (Å²) in [5, 5.41) is 10.5. The molecule has 0 amide bonds. The van der Waals surface area contributed by atoms with Crippen molar-refractivity contribution in [3.05, 3.63) is 11.6 Å². The highest BCUT2D eigenvalue weighted by Gasteiger charge is 2.69. The fourth-order valence-corrected chi connectivity index (χ4v) is 10.8. The fraction of sp³-hybridized carbons (Fsp3) is 0.900. The molecule has 32 heavy (non-hydrogen) atoms. The monoisotopic (exact) mass is 440 g/mol. The molecule has 2 heteroatoms. The van der Waals surface area contributed by atoms with Crippen LogP contribution in [0.3, 0.4) is 0 Å². The first-order chi connectivity index (χ1) is 14.7.